The Labute approximate surface area is 330 Å². The number of benzene rings is 4. The third-order valence-corrected chi connectivity index (χ3v) is 10.3. The lowest BCUT2D eigenvalue weighted by atomic mass is 10.1. The van der Waals surface area contributed by atoms with Gasteiger partial charge >= 0.3 is 0 Å². The summed E-state index contributed by atoms with van der Waals surface area (Å²) in [6.07, 6.45) is 1.32. The maximum atomic E-state index is 12.0. The molecule has 4 aromatic carbocycles. The van der Waals surface area contributed by atoms with Crippen LogP contribution >= 0.6 is 23.5 Å². The smallest absolute Gasteiger partial charge is 0.274 e. The summed E-state index contributed by atoms with van der Waals surface area (Å²) in [4.78, 5) is 63.8. The highest BCUT2D eigenvalue weighted by molar-refractivity contribution is 7.99. The summed E-state index contributed by atoms with van der Waals surface area (Å²) in [5.74, 6) is 0.721. The summed E-state index contributed by atoms with van der Waals surface area (Å²) in [7, 11) is 0. The molecule has 0 radical (unpaired) electrons. The van der Waals surface area contributed by atoms with Gasteiger partial charge in [0.15, 0.2) is 9.79 Å². The predicted octanol–water partition coefficient (Wildman–Crippen LogP) is 7.17. The zero-order valence-corrected chi connectivity index (χ0v) is 30.6. The Morgan fingerprint density at radius 1 is 0.448 bits per heavy atom. The number of nitro groups is 6. The topological polar surface area (TPSA) is 320 Å². The van der Waals surface area contributed by atoms with E-state index < -0.39 is 73.5 Å². The molecule has 2 heterocycles. The van der Waals surface area contributed by atoms with E-state index in [1.165, 1.54) is 0 Å². The van der Waals surface area contributed by atoms with Crippen molar-refractivity contribution in [3.05, 3.63) is 157 Å². The summed E-state index contributed by atoms with van der Waals surface area (Å²) in [6.45, 7) is 0. The minimum atomic E-state index is -0.974. The van der Waals surface area contributed by atoms with Crippen molar-refractivity contribution in [1.82, 2.24) is 29.5 Å². The maximum Gasteiger partial charge on any atom is 0.297 e. The summed E-state index contributed by atoms with van der Waals surface area (Å²) < 4.78 is 3.09. The SMILES string of the molecule is O=[N+]([O-])c1cc([N+](=O)[O-])c(Sc2nnc(CCCCc3nnc(Sc4c([N+](=O)[O-])cc([N+](=O)[O-])cc4[N+](=O)[O-])n3-c3ccccc3)n2-c2ccccc2)c([N+](=O)[O-])c1. The molecule has 26 heteroatoms. The molecular weight excluding hydrogens is 809 g/mol. The van der Waals surface area contributed by atoms with Gasteiger partial charge in [-0.05, 0) is 60.6 Å². The van der Waals surface area contributed by atoms with Gasteiger partial charge in [0, 0.05) is 24.2 Å². The van der Waals surface area contributed by atoms with Gasteiger partial charge < -0.3 is 0 Å². The molecule has 6 rings (SSSR count). The Hall–Kier alpha value is -7.74. The first kappa shape index (κ1) is 39.9. The van der Waals surface area contributed by atoms with Crippen molar-refractivity contribution in [2.75, 3.05) is 0 Å². The lowest BCUT2D eigenvalue weighted by Gasteiger charge is -2.11. The Bertz CT molecular complexity index is 2370. The summed E-state index contributed by atoms with van der Waals surface area (Å²) in [6, 6.07) is 19.6. The highest BCUT2D eigenvalue weighted by atomic mass is 32.2. The number of non-ortho nitro benzene ring substituents is 2. The first-order valence-corrected chi connectivity index (χ1v) is 18.0. The van der Waals surface area contributed by atoms with Gasteiger partial charge in [-0.25, -0.2) is 0 Å². The van der Waals surface area contributed by atoms with E-state index in [0.29, 0.717) is 83.7 Å². The number of nitro benzene ring substituents is 6. The second-order valence-corrected chi connectivity index (χ2v) is 13.7. The summed E-state index contributed by atoms with van der Waals surface area (Å²) in [5, 5.41) is 87.5. The molecule has 24 nitrogen and oxygen atoms in total. The van der Waals surface area contributed by atoms with E-state index >= 15 is 0 Å². The van der Waals surface area contributed by atoms with Crippen molar-refractivity contribution in [2.24, 2.45) is 0 Å². The zero-order valence-electron chi connectivity index (χ0n) is 29.0. The number of aryl methyl sites for hydroxylation is 2. The summed E-state index contributed by atoms with van der Waals surface area (Å²) in [5.41, 5.74) is -4.12. The number of rotatable bonds is 17. The van der Waals surface area contributed by atoms with Gasteiger partial charge in [0.05, 0.1) is 53.8 Å². The number of nitrogens with zero attached hydrogens (tertiary/aromatic N) is 12. The lowest BCUT2D eigenvalue weighted by Crippen LogP contribution is -2.06. The van der Waals surface area contributed by atoms with E-state index in [2.05, 4.69) is 20.4 Å². The van der Waals surface area contributed by atoms with E-state index in [1.54, 1.807) is 69.8 Å². The molecule has 0 fully saturated rings. The van der Waals surface area contributed by atoms with Crippen molar-refractivity contribution in [1.29, 1.82) is 0 Å². The molecule has 0 atom stereocenters. The van der Waals surface area contributed by atoms with Crippen LogP contribution in [0.2, 0.25) is 0 Å². The number of unbranched alkanes of at least 4 members (excludes halogenated alkanes) is 1. The molecule has 0 saturated heterocycles. The average molecular weight is 831 g/mol. The van der Waals surface area contributed by atoms with Crippen molar-refractivity contribution >= 4 is 57.6 Å². The fourth-order valence-electron chi connectivity index (χ4n) is 5.61. The van der Waals surface area contributed by atoms with Gasteiger partial charge in [-0.1, -0.05) is 36.4 Å². The number of hydrogen-bond acceptors (Lipinski definition) is 18. The van der Waals surface area contributed by atoms with Crippen molar-refractivity contribution < 1.29 is 29.5 Å². The quantitative estimate of drug-likeness (QED) is 0.0499. The Morgan fingerprint density at radius 3 is 1.03 bits per heavy atom. The normalized spacial score (nSPS) is 11.0. The summed E-state index contributed by atoms with van der Waals surface area (Å²) >= 11 is 1.10. The Balaban J connectivity index is 1.30. The van der Waals surface area contributed by atoms with Gasteiger partial charge in [0.1, 0.15) is 11.6 Å². The average Bonchev–Trinajstić information content (AvgIpc) is 3.79. The Morgan fingerprint density at radius 2 is 0.759 bits per heavy atom. The molecule has 0 N–H and O–H groups in total. The molecule has 0 aliphatic heterocycles. The first-order chi connectivity index (χ1) is 27.7. The van der Waals surface area contributed by atoms with Crippen LogP contribution in [0.1, 0.15) is 24.5 Å². The molecule has 6 aromatic rings. The van der Waals surface area contributed by atoms with Crippen LogP contribution in [0.3, 0.4) is 0 Å². The molecule has 0 amide bonds. The van der Waals surface area contributed by atoms with Crippen molar-refractivity contribution in [3.8, 4) is 11.4 Å². The van der Waals surface area contributed by atoms with Crippen LogP contribution in [-0.4, -0.2) is 59.1 Å². The molecule has 0 unspecified atom stereocenters. The van der Waals surface area contributed by atoms with E-state index in [-0.39, 0.29) is 23.2 Å². The van der Waals surface area contributed by atoms with Gasteiger partial charge in [-0.3, -0.25) is 69.8 Å². The number of para-hydroxylation sites is 2. The number of aromatic nitrogens is 6. The van der Waals surface area contributed by atoms with Gasteiger partial charge in [0.25, 0.3) is 34.1 Å². The van der Waals surface area contributed by atoms with Gasteiger partial charge in [-0.2, -0.15) is 0 Å². The van der Waals surface area contributed by atoms with Crippen LogP contribution in [0.4, 0.5) is 34.1 Å². The fourth-order valence-corrected chi connectivity index (χ4v) is 7.69. The molecule has 58 heavy (non-hydrogen) atoms. The van der Waals surface area contributed by atoms with Crippen LogP contribution in [0.5, 0.6) is 0 Å². The molecule has 0 aliphatic carbocycles. The molecule has 0 saturated carbocycles. The maximum absolute atomic E-state index is 12.0. The van der Waals surface area contributed by atoms with Crippen LogP contribution in [-0.2, 0) is 12.8 Å². The van der Waals surface area contributed by atoms with Crippen LogP contribution in [0, 0.1) is 60.7 Å². The fraction of sp³-hybridized carbons (Fsp3) is 0.125. The second kappa shape index (κ2) is 17.0. The van der Waals surface area contributed by atoms with Crippen LogP contribution in [0.25, 0.3) is 11.4 Å². The monoisotopic (exact) mass is 830 g/mol. The number of hydrogen-bond donors (Lipinski definition) is 0. The molecule has 2 aromatic heterocycles. The van der Waals surface area contributed by atoms with E-state index in [0.717, 1.165) is 0 Å². The third-order valence-electron chi connectivity index (χ3n) is 8.14. The van der Waals surface area contributed by atoms with E-state index in [9.17, 15) is 60.7 Å². The van der Waals surface area contributed by atoms with Gasteiger partial charge in [0.2, 0.25) is 10.3 Å². The minimum absolute atomic E-state index is 0.00108. The van der Waals surface area contributed by atoms with E-state index in [4.69, 9.17) is 0 Å². The van der Waals surface area contributed by atoms with Crippen LogP contribution < -0.4 is 0 Å². The molecule has 294 valence electrons. The molecule has 0 spiro atoms. The first-order valence-electron chi connectivity index (χ1n) is 16.3. The Kier molecular flexibility index (Phi) is 11.7. The molecule has 0 aliphatic rings. The van der Waals surface area contributed by atoms with Crippen molar-refractivity contribution in [3.63, 3.8) is 0 Å². The molecule has 0 bridgehead atoms. The minimum Gasteiger partial charge on any atom is -0.274 e. The third kappa shape index (κ3) is 8.40. The lowest BCUT2D eigenvalue weighted by molar-refractivity contribution is -0.407. The van der Waals surface area contributed by atoms with Crippen molar-refractivity contribution in [2.45, 2.75) is 45.8 Å². The zero-order chi connectivity index (χ0) is 41.7. The van der Waals surface area contributed by atoms with Crippen LogP contribution in [0.15, 0.2) is 105 Å². The predicted molar refractivity (Wildman–Crippen MR) is 200 cm³/mol. The highest BCUT2D eigenvalue weighted by Crippen LogP contribution is 2.45. The highest BCUT2D eigenvalue weighted by Gasteiger charge is 2.34. The van der Waals surface area contributed by atoms with E-state index in [1.807, 2.05) is 0 Å². The largest absolute Gasteiger partial charge is 0.297 e. The second-order valence-electron chi connectivity index (χ2n) is 11.7. The standard InChI is InChI=1S/C32H22N12O12S2/c45-39(46)21-15-23(41(49)50)29(24(16-21)42(51)52)57-31-35-33-27(37(31)19-9-3-1-4-10-19)13-7-8-14-28-34-36-32(38(28)20-11-5-2-6-12-20)58-30-25(43(53)54)17-22(40(47)48)18-26(30)44(55)56/h1-6,9-12,15-18H,7-8,13-14H2. The van der Waals surface area contributed by atoms with Gasteiger partial charge in [-0.15, -0.1) is 20.4 Å². The molecular formula is C32H22N12O12S2.